The molecule has 0 aliphatic rings. The third-order valence-corrected chi connectivity index (χ3v) is 11.3. The minimum atomic E-state index is 0.959. The van der Waals surface area contributed by atoms with Crippen LogP contribution in [0.2, 0.25) is 0 Å². The van der Waals surface area contributed by atoms with Crippen LogP contribution in [0.3, 0.4) is 0 Å². The zero-order chi connectivity index (χ0) is 37.7. The molecule has 0 aliphatic carbocycles. The zero-order valence-electron chi connectivity index (χ0n) is 31.0. The number of pyridine rings is 2. The van der Waals surface area contributed by atoms with Gasteiger partial charge in [-0.3, -0.25) is 9.97 Å². The van der Waals surface area contributed by atoms with Crippen LogP contribution >= 0.6 is 0 Å². The molecule has 0 saturated carbocycles. The van der Waals surface area contributed by atoms with Gasteiger partial charge in [-0.15, -0.1) is 0 Å². The molecule has 0 spiro atoms. The molecule has 3 heteroatoms. The lowest BCUT2D eigenvalue weighted by molar-refractivity contribution is 1.28. The van der Waals surface area contributed by atoms with Gasteiger partial charge in [0.2, 0.25) is 0 Å². The number of nitrogens with zero attached hydrogens (tertiary/aromatic N) is 3. The fourth-order valence-electron chi connectivity index (χ4n) is 8.24. The monoisotopic (exact) mass is 725 g/mol. The third kappa shape index (κ3) is 6.03. The van der Waals surface area contributed by atoms with Gasteiger partial charge in [-0.2, -0.15) is 0 Å². The van der Waals surface area contributed by atoms with Crippen LogP contribution in [0.25, 0.3) is 87.5 Å². The molecule has 57 heavy (non-hydrogen) atoms. The SMILES string of the molecule is c1ccc2cc(-c3ccc4c(ccc5cc(N(c6ccc(-c7cc8ccccc8cn7)cc6)c6ccc(-c7cc8ccccc8cn7)cc6)ccc54)c3)ccc2c1. The van der Waals surface area contributed by atoms with Gasteiger partial charge in [-0.25, -0.2) is 0 Å². The average Bonchev–Trinajstić information content (AvgIpc) is 3.29. The van der Waals surface area contributed by atoms with Gasteiger partial charge >= 0.3 is 0 Å². The number of hydrogen-bond acceptors (Lipinski definition) is 3. The quantitative estimate of drug-likeness (QED) is 0.160. The van der Waals surface area contributed by atoms with Crippen LogP contribution in [-0.2, 0) is 0 Å². The summed E-state index contributed by atoms with van der Waals surface area (Å²) < 4.78 is 0. The normalized spacial score (nSPS) is 11.5. The predicted molar refractivity (Wildman–Crippen MR) is 241 cm³/mol. The summed E-state index contributed by atoms with van der Waals surface area (Å²) in [5.74, 6) is 0. The van der Waals surface area contributed by atoms with Crippen LogP contribution in [0.15, 0.2) is 213 Å². The Labute approximate surface area is 330 Å². The van der Waals surface area contributed by atoms with E-state index in [1.54, 1.807) is 0 Å². The largest absolute Gasteiger partial charge is 0.310 e. The summed E-state index contributed by atoms with van der Waals surface area (Å²) in [6.45, 7) is 0. The van der Waals surface area contributed by atoms with Crippen LogP contribution in [0, 0.1) is 0 Å². The first-order valence-corrected chi connectivity index (χ1v) is 19.4. The first kappa shape index (κ1) is 32.8. The summed E-state index contributed by atoms with van der Waals surface area (Å²) in [6.07, 6.45) is 3.92. The fourth-order valence-corrected chi connectivity index (χ4v) is 8.24. The Balaban J connectivity index is 0.981. The third-order valence-electron chi connectivity index (χ3n) is 11.3. The van der Waals surface area contributed by atoms with Crippen molar-refractivity contribution in [1.82, 2.24) is 9.97 Å². The van der Waals surface area contributed by atoms with E-state index in [1.165, 1.54) is 54.2 Å². The van der Waals surface area contributed by atoms with Crippen LogP contribution in [0.5, 0.6) is 0 Å². The smallest absolute Gasteiger partial charge is 0.0708 e. The Morgan fingerprint density at radius 2 is 0.649 bits per heavy atom. The molecule has 0 saturated heterocycles. The standard InChI is InChI=1S/C54H35N3/c1-2-8-39-29-42(14-13-36(39)7-1)43-21-27-51-44(30-43)15-16-45-31-50(26-28-52(45)51)57(48-22-17-37(18-23-48)53-32-40-9-3-5-11-46(40)34-55-53)49-24-19-38(20-25-49)54-33-41-10-4-6-12-47(41)35-56-54/h1-35H. The second-order valence-electron chi connectivity index (χ2n) is 14.7. The van der Waals surface area contributed by atoms with E-state index in [0.717, 1.165) is 50.3 Å². The van der Waals surface area contributed by atoms with Gasteiger partial charge in [0.25, 0.3) is 0 Å². The second-order valence-corrected chi connectivity index (χ2v) is 14.7. The van der Waals surface area contributed by atoms with Gasteiger partial charge in [0.1, 0.15) is 0 Å². The Bertz CT molecular complexity index is 3170. The van der Waals surface area contributed by atoms with E-state index in [4.69, 9.17) is 9.97 Å². The van der Waals surface area contributed by atoms with Gasteiger partial charge in [0, 0.05) is 51.4 Å². The maximum Gasteiger partial charge on any atom is 0.0708 e. The number of hydrogen-bond donors (Lipinski definition) is 0. The maximum atomic E-state index is 4.80. The van der Waals surface area contributed by atoms with E-state index in [2.05, 4.69) is 205 Å². The van der Waals surface area contributed by atoms with Gasteiger partial charge in [0.15, 0.2) is 0 Å². The van der Waals surface area contributed by atoms with Crippen molar-refractivity contribution in [2.24, 2.45) is 0 Å². The molecule has 11 rings (SSSR count). The van der Waals surface area contributed by atoms with E-state index in [0.29, 0.717) is 0 Å². The van der Waals surface area contributed by atoms with Gasteiger partial charge < -0.3 is 4.90 Å². The molecule has 0 bridgehead atoms. The van der Waals surface area contributed by atoms with Crippen molar-refractivity contribution >= 4 is 70.9 Å². The molecule has 0 unspecified atom stereocenters. The average molecular weight is 726 g/mol. The van der Waals surface area contributed by atoms with E-state index in [-0.39, 0.29) is 0 Å². The molecule has 0 N–H and O–H groups in total. The summed E-state index contributed by atoms with van der Waals surface area (Å²) in [6, 6.07) is 72.0. The Kier molecular flexibility index (Phi) is 7.82. The molecule has 0 amide bonds. The van der Waals surface area contributed by atoms with Gasteiger partial charge in [-0.1, -0.05) is 140 Å². The second kappa shape index (κ2) is 13.6. The molecule has 0 aliphatic heterocycles. The minimum Gasteiger partial charge on any atom is -0.310 e. The molecule has 3 nitrogen and oxygen atoms in total. The van der Waals surface area contributed by atoms with E-state index >= 15 is 0 Å². The number of anilines is 3. The van der Waals surface area contributed by atoms with Crippen LogP contribution in [0.1, 0.15) is 0 Å². The number of aromatic nitrogens is 2. The minimum absolute atomic E-state index is 0.959. The van der Waals surface area contributed by atoms with Gasteiger partial charge in [0.05, 0.1) is 11.4 Å². The molecule has 9 aromatic carbocycles. The molecule has 2 aromatic heterocycles. The Morgan fingerprint density at radius 1 is 0.263 bits per heavy atom. The fraction of sp³-hybridized carbons (Fsp3) is 0. The number of rotatable bonds is 6. The lowest BCUT2D eigenvalue weighted by atomic mass is 9.96. The van der Waals surface area contributed by atoms with E-state index in [9.17, 15) is 0 Å². The van der Waals surface area contributed by atoms with Crippen molar-refractivity contribution < 1.29 is 0 Å². The lowest BCUT2D eigenvalue weighted by Crippen LogP contribution is -2.10. The van der Waals surface area contributed by atoms with E-state index in [1.807, 2.05) is 12.4 Å². The Hall–Kier alpha value is -7.62. The summed E-state index contributed by atoms with van der Waals surface area (Å²) in [4.78, 5) is 11.9. The highest BCUT2D eigenvalue weighted by Gasteiger charge is 2.16. The highest BCUT2D eigenvalue weighted by Crippen LogP contribution is 2.40. The summed E-state index contributed by atoms with van der Waals surface area (Å²) in [7, 11) is 0. The summed E-state index contributed by atoms with van der Waals surface area (Å²) in [5, 5.41) is 12.1. The number of fused-ring (bicyclic) bond motifs is 6. The number of benzene rings is 9. The molecule has 0 fully saturated rings. The molecular weight excluding hydrogens is 691 g/mol. The molecular formula is C54H35N3. The molecule has 0 atom stereocenters. The molecule has 266 valence electrons. The predicted octanol–water partition coefficient (Wildman–Crippen LogP) is 14.7. The lowest BCUT2D eigenvalue weighted by Gasteiger charge is -2.26. The van der Waals surface area contributed by atoms with Crippen molar-refractivity contribution in [3.05, 3.63) is 213 Å². The highest BCUT2D eigenvalue weighted by atomic mass is 15.1. The van der Waals surface area contributed by atoms with Crippen molar-refractivity contribution in [3.63, 3.8) is 0 Å². The topological polar surface area (TPSA) is 29.0 Å². The van der Waals surface area contributed by atoms with Gasteiger partial charge in [-0.05, 0) is 115 Å². The molecule has 11 aromatic rings. The first-order valence-electron chi connectivity index (χ1n) is 19.4. The van der Waals surface area contributed by atoms with E-state index < -0.39 is 0 Å². The van der Waals surface area contributed by atoms with Crippen LogP contribution < -0.4 is 4.90 Å². The molecule has 0 radical (unpaired) electrons. The zero-order valence-corrected chi connectivity index (χ0v) is 31.0. The van der Waals surface area contributed by atoms with Crippen molar-refractivity contribution in [2.45, 2.75) is 0 Å². The van der Waals surface area contributed by atoms with Crippen molar-refractivity contribution in [3.8, 4) is 33.6 Å². The first-order chi connectivity index (χ1) is 28.2. The maximum absolute atomic E-state index is 4.80. The Morgan fingerprint density at radius 3 is 1.21 bits per heavy atom. The summed E-state index contributed by atoms with van der Waals surface area (Å²) in [5.41, 5.74) is 9.74. The van der Waals surface area contributed by atoms with Crippen LogP contribution in [0.4, 0.5) is 17.1 Å². The molecule has 2 heterocycles. The highest BCUT2D eigenvalue weighted by molar-refractivity contribution is 6.09. The summed E-state index contributed by atoms with van der Waals surface area (Å²) >= 11 is 0. The van der Waals surface area contributed by atoms with Crippen molar-refractivity contribution in [2.75, 3.05) is 4.90 Å². The van der Waals surface area contributed by atoms with Crippen molar-refractivity contribution in [1.29, 1.82) is 0 Å². The van der Waals surface area contributed by atoms with Crippen LogP contribution in [-0.4, -0.2) is 9.97 Å².